The number of aliphatic imine (C=N–C) groups is 1. The van der Waals surface area contributed by atoms with Crippen LogP contribution in [-0.2, 0) is 0 Å². The highest BCUT2D eigenvalue weighted by Crippen LogP contribution is 2.54. The number of nitriles is 8. The third-order valence-corrected chi connectivity index (χ3v) is 8.86. The molecule has 1 N–H and O–H groups in total. The summed E-state index contributed by atoms with van der Waals surface area (Å²) >= 11 is 0. The highest BCUT2D eigenvalue weighted by atomic mass is 15.0. The molecule has 0 radical (unpaired) electrons. The summed E-state index contributed by atoms with van der Waals surface area (Å²) in [5.41, 5.74) is 3.78. The van der Waals surface area contributed by atoms with Gasteiger partial charge in [-0.05, 0) is 82.9 Å². The van der Waals surface area contributed by atoms with E-state index in [0.717, 1.165) is 0 Å². The second-order valence-electron chi connectivity index (χ2n) is 11.8. The third-order valence-electron chi connectivity index (χ3n) is 8.86. The van der Waals surface area contributed by atoms with Crippen molar-refractivity contribution in [3.63, 3.8) is 0 Å². The van der Waals surface area contributed by atoms with Crippen molar-refractivity contribution in [3.8, 4) is 48.6 Å². The molecular weight excluding hydrogens is 673 g/mol. The molecule has 0 fully saturated rings. The summed E-state index contributed by atoms with van der Waals surface area (Å²) in [6, 6.07) is 30.7. The lowest BCUT2D eigenvalue weighted by Crippen LogP contribution is -2.27. The molecule has 3 aliphatic rings. The van der Waals surface area contributed by atoms with Crippen LogP contribution in [0, 0.1) is 90.6 Å². The number of fused-ring (bicyclic) bond motifs is 2. The molecule has 0 saturated carbocycles. The normalized spacial score (nSPS) is 15.3. The fourth-order valence-electron chi connectivity index (χ4n) is 6.72. The van der Waals surface area contributed by atoms with Crippen molar-refractivity contribution in [1.29, 1.82) is 42.1 Å². The van der Waals surface area contributed by atoms with Gasteiger partial charge in [0.25, 0.3) is 0 Å². The molecule has 0 bridgehead atoms. The molecule has 54 heavy (non-hydrogen) atoms. The maximum atomic E-state index is 10.8. The quantitative estimate of drug-likeness (QED) is 0.241. The van der Waals surface area contributed by atoms with Crippen LogP contribution in [0.1, 0.15) is 61.5 Å². The van der Waals surface area contributed by atoms with Gasteiger partial charge < -0.3 is 5.32 Å². The Hall–Kier alpha value is -9.17. The molecular formula is C42H16N12. The predicted molar refractivity (Wildman–Crippen MR) is 195 cm³/mol. The molecule has 2 heterocycles. The van der Waals surface area contributed by atoms with Gasteiger partial charge in [-0.15, -0.1) is 0 Å². The van der Waals surface area contributed by atoms with Crippen molar-refractivity contribution in [3.05, 3.63) is 146 Å². The molecule has 0 unspecified atom stereocenters. The minimum atomic E-state index is 0.0130. The number of benzene rings is 3. The Morgan fingerprint density at radius 3 is 1.43 bits per heavy atom. The van der Waals surface area contributed by atoms with E-state index < -0.39 is 0 Å². The Labute approximate surface area is 307 Å². The number of nitrogens with zero attached hydrogens (tertiary/aromatic N) is 11. The van der Waals surface area contributed by atoms with E-state index in [9.17, 15) is 42.1 Å². The van der Waals surface area contributed by atoms with E-state index in [-0.39, 0.29) is 78.2 Å². The lowest BCUT2D eigenvalue weighted by Gasteiger charge is -2.17. The van der Waals surface area contributed by atoms with Crippen molar-refractivity contribution in [1.82, 2.24) is 15.3 Å². The first-order valence-corrected chi connectivity index (χ1v) is 15.9. The Morgan fingerprint density at radius 1 is 0.537 bits per heavy atom. The minimum Gasteiger partial charge on any atom is -0.366 e. The summed E-state index contributed by atoms with van der Waals surface area (Å²) in [5, 5.41) is 85.4. The van der Waals surface area contributed by atoms with Crippen LogP contribution in [0.3, 0.4) is 0 Å². The van der Waals surface area contributed by atoms with Gasteiger partial charge in [0.1, 0.15) is 30.1 Å². The van der Waals surface area contributed by atoms with Crippen LogP contribution in [0.15, 0.2) is 89.8 Å². The van der Waals surface area contributed by atoms with E-state index >= 15 is 0 Å². The maximum absolute atomic E-state index is 10.8. The number of aromatic nitrogens is 2. The van der Waals surface area contributed by atoms with E-state index in [2.05, 4.69) is 44.6 Å². The third kappa shape index (κ3) is 5.31. The molecule has 1 aromatic heterocycles. The molecule has 244 valence electrons. The number of nitrogens with one attached hydrogen (secondary N) is 1. The zero-order chi connectivity index (χ0) is 37.9. The largest absolute Gasteiger partial charge is 0.366 e. The van der Waals surface area contributed by atoms with Crippen molar-refractivity contribution in [2.75, 3.05) is 6.54 Å². The van der Waals surface area contributed by atoms with E-state index in [4.69, 9.17) is 0 Å². The molecule has 1 aliphatic heterocycles. The number of rotatable bonds is 4. The first-order valence-electron chi connectivity index (χ1n) is 15.9. The van der Waals surface area contributed by atoms with Gasteiger partial charge in [0.05, 0.1) is 68.8 Å². The average molecular weight is 689 g/mol. The summed E-state index contributed by atoms with van der Waals surface area (Å²) in [7, 11) is 0. The summed E-state index contributed by atoms with van der Waals surface area (Å²) in [6.45, 7) is 0.373. The molecule has 0 spiro atoms. The molecule has 3 aromatic carbocycles. The fourth-order valence-corrected chi connectivity index (χ4v) is 6.72. The van der Waals surface area contributed by atoms with Crippen molar-refractivity contribution in [2.24, 2.45) is 4.99 Å². The first-order chi connectivity index (χ1) is 26.4. The lowest BCUT2D eigenvalue weighted by atomic mass is 9.87. The average Bonchev–Trinajstić information content (AvgIpc) is 3.72. The van der Waals surface area contributed by atoms with Crippen LogP contribution in [0.2, 0.25) is 0 Å². The molecule has 2 aliphatic carbocycles. The van der Waals surface area contributed by atoms with Gasteiger partial charge >= 0.3 is 0 Å². The Balaban J connectivity index is 1.65. The Morgan fingerprint density at radius 2 is 1.00 bits per heavy atom. The smallest absolute Gasteiger partial charge is 0.161 e. The molecule has 0 saturated heterocycles. The van der Waals surface area contributed by atoms with Crippen molar-refractivity contribution in [2.45, 2.75) is 0 Å². The van der Waals surface area contributed by atoms with Crippen LogP contribution in [0.25, 0.3) is 39.0 Å². The van der Waals surface area contributed by atoms with Gasteiger partial charge in [-0.2, -0.15) is 42.1 Å². The van der Waals surface area contributed by atoms with E-state index in [1.54, 1.807) is 30.5 Å². The summed E-state index contributed by atoms with van der Waals surface area (Å²) in [4.78, 5) is 13.3. The maximum Gasteiger partial charge on any atom is 0.161 e. The van der Waals surface area contributed by atoms with Gasteiger partial charge in [0.2, 0.25) is 0 Å². The van der Waals surface area contributed by atoms with Crippen molar-refractivity contribution < 1.29 is 0 Å². The van der Waals surface area contributed by atoms with Gasteiger partial charge in [0.15, 0.2) is 5.82 Å². The number of hydrogen-bond donors (Lipinski definition) is 1. The second kappa shape index (κ2) is 13.6. The van der Waals surface area contributed by atoms with E-state index in [1.807, 2.05) is 24.3 Å². The van der Waals surface area contributed by atoms with Gasteiger partial charge in [-0.25, -0.2) is 15.0 Å². The topological polar surface area (TPSA) is 240 Å². The predicted octanol–water partition coefficient (Wildman–Crippen LogP) is 6.09. The molecule has 4 aromatic rings. The molecule has 7 rings (SSSR count). The molecule has 0 amide bonds. The van der Waals surface area contributed by atoms with Gasteiger partial charge in [-0.3, -0.25) is 0 Å². The zero-order valence-electron chi connectivity index (χ0n) is 27.6. The molecule has 0 atom stereocenters. The molecule has 12 nitrogen and oxygen atoms in total. The monoisotopic (exact) mass is 688 g/mol. The standard InChI is InChI=1S/C42H16N12/c43-15-23-7-24(16-44)10-27(9-23)33(19-47)37-31-14-32-30(13-29(31)35(21-49)39(37)41-51-3-1-4-52-41)36(22-50)40(42-53-5-2-6-54-42)38(32)34(20-48)28-11-25(17-45)8-26(12-28)18-46/h1-5,7-14H,6H2,(H,53,54)/b37-33-,38-34-. The molecule has 12 heteroatoms. The highest BCUT2D eigenvalue weighted by molar-refractivity contribution is 6.33. The number of amidine groups is 1. The van der Waals surface area contributed by atoms with Gasteiger partial charge in [0, 0.05) is 58.6 Å². The number of hydrogen-bond acceptors (Lipinski definition) is 12. The minimum absolute atomic E-state index is 0.0130. The van der Waals surface area contributed by atoms with E-state index in [1.165, 1.54) is 48.8 Å². The SMILES string of the molecule is N#CC1=C(C2=NC=CCN2)/C(=C(/C#N)c2cc(C#N)cc(C#N)c2)c2cc3c(cc21)C(C#N)=C(c1ncccn1)/C3=C(/C#N)c1cc(C#N)cc(C#N)c1. The van der Waals surface area contributed by atoms with Crippen molar-refractivity contribution >= 4 is 44.8 Å². The number of allylic oxidation sites excluding steroid dienone is 6. The van der Waals surface area contributed by atoms with Crippen LogP contribution in [-0.4, -0.2) is 22.3 Å². The first kappa shape index (κ1) is 33.3. The summed E-state index contributed by atoms with van der Waals surface area (Å²) in [5.74, 6) is 0.422. The summed E-state index contributed by atoms with van der Waals surface area (Å²) in [6.07, 6.45) is 6.31. The van der Waals surface area contributed by atoms with E-state index in [0.29, 0.717) is 40.2 Å². The summed E-state index contributed by atoms with van der Waals surface area (Å²) < 4.78 is 0. The second-order valence-corrected chi connectivity index (χ2v) is 11.8. The highest BCUT2D eigenvalue weighted by Gasteiger charge is 2.39. The van der Waals surface area contributed by atoms with Crippen LogP contribution in [0.5, 0.6) is 0 Å². The van der Waals surface area contributed by atoms with Crippen LogP contribution in [0.4, 0.5) is 0 Å². The van der Waals surface area contributed by atoms with Gasteiger partial charge in [-0.1, -0.05) is 0 Å². The zero-order valence-corrected chi connectivity index (χ0v) is 27.6. The van der Waals surface area contributed by atoms with Crippen LogP contribution >= 0.6 is 0 Å². The van der Waals surface area contributed by atoms with Crippen LogP contribution < -0.4 is 5.32 Å². The fraction of sp³-hybridized carbons (Fsp3) is 0.0238. The lowest BCUT2D eigenvalue weighted by molar-refractivity contribution is 1.01. The Bertz CT molecular complexity index is 2890. The Kier molecular flexibility index (Phi) is 8.41.